The highest BCUT2D eigenvalue weighted by molar-refractivity contribution is 7.85. The molecular weight excluding hydrogens is 374 g/mol. The van der Waals surface area contributed by atoms with Gasteiger partial charge in [-0.3, -0.25) is 19.3 Å². The smallest absolute Gasteiger partial charge is 0.294 e. The summed E-state index contributed by atoms with van der Waals surface area (Å²) >= 11 is 0. The number of nitrogens with zero attached hydrogens (tertiary/aromatic N) is 1. The third-order valence-corrected chi connectivity index (χ3v) is 5.72. The molecule has 0 radical (unpaired) electrons. The van der Waals surface area contributed by atoms with Crippen LogP contribution in [-0.4, -0.2) is 47.8 Å². The predicted molar refractivity (Wildman–Crippen MR) is 91.5 cm³/mol. The number of hydroxylamine groups is 2. The Labute approximate surface area is 154 Å². The van der Waals surface area contributed by atoms with Crippen molar-refractivity contribution in [2.24, 2.45) is 0 Å². The van der Waals surface area contributed by atoms with Crippen molar-refractivity contribution in [3.05, 3.63) is 53.6 Å². The molecule has 0 saturated carbocycles. The fraction of sp³-hybridized carbons (Fsp3) is 0.222. The molecule has 2 aromatic rings. The van der Waals surface area contributed by atoms with E-state index in [4.69, 9.17) is 4.74 Å². The van der Waals surface area contributed by atoms with E-state index in [1.54, 1.807) is 6.07 Å². The van der Waals surface area contributed by atoms with Gasteiger partial charge in [-0.1, -0.05) is 30.3 Å². The average molecular weight is 389 g/mol. The molecule has 2 atom stereocenters. The standard InChI is InChI=1S/C18H15NO7S/c20-17-8-16(18(21)19(17)22)26-9-15-12-4-2-1-3-11(12)13-6-5-10(7-14(13)15)27(23,24)25/h1-7,15-16,22H,8-9H2,(H,23,24,25). The number of ether oxygens (including phenoxy) is 1. The van der Waals surface area contributed by atoms with Crippen LogP contribution >= 0.6 is 0 Å². The van der Waals surface area contributed by atoms with E-state index in [0.717, 1.165) is 16.7 Å². The van der Waals surface area contributed by atoms with Gasteiger partial charge in [-0.15, -0.1) is 0 Å². The van der Waals surface area contributed by atoms with E-state index < -0.39 is 28.0 Å². The van der Waals surface area contributed by atoms with Crippen molar-refractivity contribution < 1.29 is 32.5 Å². The molecule has 1 aliphatic heterocycles. The first-order valence-corrected chi connectivity index (χ1v) is 9.59. The quantitative estimate of drug-likeness (QED) is 0.462. The van der Waals surface area contributed by atoms with Gasteiger partial charge in [0, 0.05) is 5.92 Å². The van der Waals surface area contributed by atoms with Crippen LogP contribution in [0.2, 0.25) is 0 Å². The lowest BCUT2D eigenvalue weighted by molar-refractivity contribution is -0.174. The molecule has 2 aromatic carbocycles. The topological polar surface area (TPSA) is 121 Å². The number of carbonyl (C=O) groups is 2. The largest absolute Gasteiger partial charge is 0.367 e. The van der Waals surface area contributed by atoms with Crippen LogP contribution in [-0.2, 0) is 24.4 Å². The molecule has 2 N–H and O–H groups in total. The maximum atomic E-state index is 11.8. The van der Waals surface area contributed by atoms with Crippen molar-refractivity contribution in [2.45, 2.75) is 23.3 Å². The summed E-state index contributed by atoms with van der Waals surface area (Å²) in [5, 5.41) is 9.38. The maximum absolute atomic E-state index is 11.8. The van der Waals surface area contributed by atoms with Crippen LogP contribution < -0.4 is 0 Å². The van der Waals surface area contributed by atoms with Gasteiger partial charge in [-0.05, 0) is 34.4 Å². The first-order valence-electron chi connectivity index (χ1n) is 8.15. The minimum atomic E-state index is -4.37. The molecule has 1 saturated heterocycles. The molecule has 2 amide bonds. The minimum Gasteiger partial charge on any atom is -0.367 e. The molecule has 9 heteroatoms. The van der Waals surface area contributed by atoms with Crippen LogP contribution in [0.25, 0.3) is 11.1 Å². The predicted octanol–water partition coefficient (Wildman–Crippen LogP) is 1.58. The Morgan fingerprint density at radius 2 is 1.78 bits per heavy atom. The second kappa shape index (κ2) is 6.24. The lowest BCUT2D eigenvalue weighted by atomic mass is 9.98. The van der Waals surface area contributed by atoms with Gasteiger partial charge in [-0.2, -0.15) is 13.5 Å². The number of fused-ring (bicyclic) bond motifs is 3. The molecule has 2 unspecified atom stereocenters. The van der Waals surface area contributed by atoms with E-state index in [0.29, 0.717) is 5.56 Å². The number of hydrogen-bond donors (Lipinski definition) is 2. The van der Waals surface area contributed by atoms with Crippen molar-refractivity contribution in [1.29, 1.82) is 0 Å². The van der Waals surface area contributed by atoms with Gasteiger partial charge in [0.1, 0.15) is 6.10 Å². The summed E-state index contributed by atoms with van der Waals surface area (Å²) in [7, 11) is -4.37. The Bertz CT molecular complexity index is 1060. The lowest BCUT2D eigenvalue weighted by Crippen LogP contribution is -2.30. The Balaban J connectivity index is 1.69. The van der Waals surface area contributed by atoms with E-state index in [1.807, 2.05) is 24.3 Å². The zero-order valence-electron chi connectivity index (χ0n) is 13.9. The summed E-state index contributed by atoms with van der Waals surface area (Å²) < 4.78 is 37.9. The summed E-state index contributed by atoms with van der Waals surface area (Å²) in [6.45, 7) is 0.0104. The first-order chi connectivity index (χ1) is 12.8. The summed E-state index contributed by atoms with van der Waals surface area (Å²) in [5.74, 6) is -1.93. The Morgan fingerprint density at radius 1 is 1.07 bits per heavy atom. The molecule has 0 bridgehead atoms. The van der Waals surface area contributed by atoms with Crippen molar-refractivity contribution in [3.8, 4) is 11.1 Å². The maximum Gasteiger partial charge on any atom is 0.294 e. The van der Waals surface area contributed by atoms with Gasteiger partial charge < -0.3 is 4.74 Å². The molecule has 8 nitrogen and oxygen atoms in total. The summed E-state index contributed by atoms with van der Waals surface area (Å²) in [6.07, 6.45) is -1.33. The van der Waals surface area contributed by atoms with Crippen LogP contribution in [0.5, 0.6) is 0 Å². The summed E-state index contributed by atoms with van der Waals surface area (Å²) in [4.78, 5) is 23.0. The van der Waals surface area contributed by atoms with E-state index in [2.05, 4.69) is 0 Å². The monoisotopic (exact) mass is 389 g/mol. The fourth-order valence-electron chi connectivity index (χ4n) is 3.56. The molecule has 0 spiro atoms. The molecule has 1 aliphatic carbocycles. The van der Waals surface area contributed by atoms with Gasteiger partial charge in [0.15, 0.2) is 0 Å². The second-order valence-corrected chi connectivity index (χ2v) is 7.86. The Morgan fingerprint density at radius 3 is 2.44 bits per heavy atom. The molecule has 4 rings (SSSR count). The molecule has 27 heavy (non-hydrogen) atoms. The summed E-state index contributed by atoms with van der Waals surface area (Å²) in [5.41, 5.74) is 3.24. The van der Waals surface area contributed by atoms with Crippen molar-refractivity contribution in [2.75, 3.05) is 6.61 Å². The highest BCUT2D eigenvalue weighted by atomic mass is 32.2. The van der Waals surface area contributed by atoms with Gasteiger partial charge >= 0.3 is 0 Å². The number of amides is 2. The zero-order chi connectivity index (χ0) is 19.3. The number of hydrogen-bond acceptors (Lipinski definition) is 6. The molecule has 140 valence electrons. The number of benzene rings is 2. The van der Waals surface area contributed by atoms with Crippen molar-refractivity contribution in [1.82, 2.24) is 5.06 Å². The van der Waals surface area contributed by atoms with E-state index in [9.17, 15) is 27.8 Å². The van der Waals surface area contributed by atoms with Crippen LogP contribution in [0.15, 0.2) is 47.4 Å². The lowest BCUT2D eigenvalue weighted by Gasteiger charge is -2.17. The number of carbonyl (C=O) groups excluding carboxylic acids is 2. The summed E-state index contributed by atoms with van der Waals surface area (Å²) in [6, 6.07) is 11.8. The van der Waals surface area contributed by atoms with E-state index in [1.165, 1.54) is 12.1 Å². The Kier molecular flexibility index (Phi) is 4.11. The van der Waals surface area contributed by atoms with Crippen LogP contribution in [0.3, 0.4) is 0 Å². The minimum absolute atomic E-state index is 0.0104. The van der Waals surface area contributed by atoms with Gasteiger partial charge in [0.05, 0.1) is 17.9 Å². The Hall–Kier alpha value is -2.59. The SMILES string of the molecule is O=C1CC(OCC2c3ccccc3-c3ccc(S(=O)(=O)O)cc32)C(=O)N1O. The molecule has 1 fully saturated rings. The first kappa shape index (κ1) is 17.8. The van der Waals surface area contributed by atoms with Crippen LogP contribution in [0, 0.1) is 0 Å². The molecule has 1 heterocycles. The highest BCUT2D eigenvalue weighted by Gasteiger charge is 2.40. The van der Waals surface area contributed by atoms with Crippen molar-refractivity contribution >= 4 is 21.9 Å². The second-order valence-electron chi connectivity index (χ2n) is 6.43. The fourth-order valence-corrected chi connectivity index (χ4v) is 4.08. The number of rotatable bonds is 4. The average Bonchev–Trinajstić information content (AvgIpc) is 3.08. The zero-order valence-corrected chi connectivity index (χ0v) is 14.7. The van der Waals surface area contributed by atoms with Gasteiger partial charge in [0.25, 0.3) is 21.9 Å². The highest BCUT2D eigenvalue weighted by Crippen LogP contribution is 2.45. The van der Waals surface area contributed by atoms with Crippen LogP contribution in [0.4, 0.5) is 0 Å². The number of imide groups is 1. The third kappa shape index (κ3) is 2.94. The van der Waals surface area contributed by atoms with Gasteiger partial charge in [0.2, 0.25) is 0 Å². The van der Waals surface area contributed by atoms with Crippen molar-refractivity contribution in [3.63, 3.8) is 0 Å². The molecule has 0 aromatic heterocycles. The van der Waals surface area contributed by atoms with E-state index >= 15 is 0 Å². The van der Waals surface area contributed by atoms with Crippen LogP contribution in [0.1, 0.15) is 23.5 Å². The molecular formula is C18H15NO7S. The molecule has 2 aliphatic rings. The third-order valence-electron chi connectivity index (χ3n) is 4.87. The normalized spacial score (nSPS) is 21.5. The van der Waals surface area contributed by atoms with E-state index in [-0.39, 0.29) is 28.9 Å². The van der Waals surface area contributed by atoms with Gasteiger partial charge in [-0.25, -0.2) is 0 Å².